The summed E-state index contributed by atoms with van der Waals surface area (Å²) >= 11 is 0. The van der Waals surface area contributed by atoms with E-state index in [1.807, 2.05) is 0 Å². The predicted octanol–water partition coefficient (Wildman–Crippen LogP) is 2.63. The molecule has 0 bridgehead atoms. The molecule has 0 spiro atoms. The molecule has 4 nitrogen and oxygen atoms in total. The van der Waals surface area contributed by atoms with Crippen LogP contribution in [0.3, 0.4) is 0 Å². The first-order valence-corrected chi connectivity index (χ1v) is 6.39. The molecule has 0 saturated heterocycles. The summed E-state index contributed by atoms with van der Waals surface area (Å²) in [4.78, 5) is 23.7. The maximum atomic E-state index is 12.5. The number of rotatable bonds is 4. The summed E-state index contributed by atoms with van der Waals surface area (Å²) in [5.74, 6) is -2.76. The third-order valence-electron chi connectivity index (χ3n) is 3.12. The summed E-state index contributed by atoms with van der Waals surface area (Å²) in [6.45, 7) is 0. The van der Waals surface area contributed by atoms with Gasteiger partial charge in [-0.15, -0.1) is 0 Å². The quantitative estimate of drug-likeness (QED) is 0.883. The summed E-state index contributed by atoms with van der Waals surface area (Å²) in [6, 6.07) is 9.49. The normalized spacial score (nSPS) is 12.7. The third-order valence-corrected chi connectivity index (χ3v) is 3.12. The number of Topliss-reactive ketones (excluding diaryl/α,β-unsaturated/α-hetero) is 1. The molecule has 116 valence electrons. The molecular formula is C15H13F3N2O2. The average molecular weight is 310 g/mol. The molecule has 1 heterocycles. The van der Waals surface area contributed by atoms with Gasteiger partial charge in [0.25, 0.3) is 0 Å². The molecule has 1 aromatic carbocycles. The molecule has 1 aromatic heterocycles. The Morgan fingerprint density at radius 2 is 1.73 bits per heavy atom. The molecule has 7 heteroatoms. The fourth-order valence-corrected chi connectivity index (χ4v) is 2.02. The minimum absolute atomic E-state index is 0.205. The van der Waals surface area contributed by atoms with Crippen LogP contribution in [0.5, 0.6) is 0 Å². The SMILES string of the molecule is Cn1cccc1C(=O)[C@@H](NC(=O)C(F)(F)F)c1ccccc1. The van der Waals surface area contributed by atoms with E-state index in [9.17, 15) is 22.8 Å². The second-order valence-electron chi connectivity index (χ2n) is 4.68. The van der Waals surface area contributed by atoms with E-state index in [2.05, 4.69) is 0 Å². The molecule has 22 heavy (non-hydrogen) atoms. The Balaban J connectivity index is 2.36. The summed E-state index contributed by atoms with van der Waals surface area (Å²) in [7, 11) is 1.60. The van der Waals surface area contributed by atoms with Gasteiger partial charge in [0.15, 0.2) is 0 Å². The lowest BCUT2D eigenvalue weighted by atomic mass is 10.0. The molecule has 1 amide bonds. The van der Waals surface area contributed by atoms with Crippen molar-refractivity contribution in [3.63, 3.8) is 0 Å². The minimum atomic E-state index is -5.05. The fraction of sp³-hybridized carbons (Fsp3) is 0.200. The van der Waals surface area contributed by atoms with Crippen LogP contribution in [0.1, 0.15) is 22.1 Å². The fourth-order valence-electron chi connectivity index (χ4n) is 2.02. The van der Waals surface area contributed by atoms with Gasteiger partial charge < -0.3 is 9.88 Å². The van der Waals surface area contributed by atoms with Gasteiger partial charge in [0, 0.05) is 13.2 Å². The number of nitrogens with zero attached hydrogens (tertiary/aromatic N) is 1. The Hall–Kier alpha value is -2.57. The summed E-state index contributed by atoms with van der Waals surface area (Å²) in [5, 5.41) is 1.76. The summed E-state index contributed by atoms with van der Waals surface area (Å²) < 4.78 is 38.9. The molecule has 0 aliphatic heterocycles. The van der Waals surface area contributed by atoms with Crippen LogP contribution < -0.4 is 5.32 Å². The van der Waals surface area contributed by atoms with Crippen LogP contribution in [0, 0.1) is 0 Å². The van der Waals surface area contributed by atoms with Crippen molar-refractivity contribution in [1.29, 1.82) is 0 Å². The first kappa shape index (κ1) is 15.8. The number of ketones is 1. The number of alkyl halides is 3. The predicted molar refractivity (Wildman–Crippen MR) is 73.1 cm³/mol. The molecule has 0 unspecified atom stereocenters. The van der Waals surface area contributed by atoms with Crippen molar-refractivity contribution in [3.8, 4) is 0 Å². The zero-order valence-corrected chi connectivity index (χ0v) is 11.6. The van der Waals surface area contributed by atoms with Crippen LogP contribution in [0.15, 0.2) is 48.7 Å². The van der Waals surface area contributed by atoms with Gasteiger partial charge in [0.2, 0.25) is 5.78 Å². The Bertz CT molecular complexity index is 678. The number of benzene rings is 1. The van der Waals surface area contributed by atoms with Gasteiger partial charge in [-0.1, -0.05) is 30.3 Å². The van der Waals surface area contributed by atoms with E-state index in [1.54, 1.807) is 42.8 Å². The Kier molecular flexibility index (Phi) is 4.35. The Labute approximate surface area is 124 Å². The standard InChI is InChI=1S/C15H13F3N2O2/c1-20-9-5-8-11(20)13(21)12(10-6-3-2-4-7-10)19-14(22)15(16,17)18/h2-9,12H,1H3,(H,19,22)/t12-/m0/s1. The number of aromatic nitrogens is 1. The number of hydrogen-bond donors (Lipinski definition) is 1. The van der Waals surface area contributed by atoms with Crippen LogP contribution in [0.25, 0.3) is 0 Å². The number of carbonyl (C=O) groups is 2. The van der Waals surface area contributed by atoms with Crippen molar-refractivity contribution in [1.82, 2.24) is 9.88 Å². The molecule has 0 saturated carbocycles. The zero-order chi connectivity index (χ0) is 16.3. The number of carbonyl (C=O) groups excluding carboxylic acids is 2. The van der Waals surface area contributed by atoms with Gasteiger partial charge in [0.1, 0.15) is 6.04 Å². The molecule has 0 aliphatic carbocycles. The monoisotopic (exact) mass is 310 g/mol. The third kappa shape index (κ3) is 3.36. The maximum Gasteiger partial charge on any atom is 0.471 e. The van der Waals surface area contributed by atoms with E-state index < -0.39 is 23.9 Å². The van der Waals surface area contributed by atoms with Crippen molar-refractivity contribution in [3.05, 3.63) is 59.9 Å². The lowest BCUT2D eigenvalue weighted by Crippen LogP contribution is -2.42. The smallest absolute Gasteiger partial charge is 0.348 e. The molecule has 1 atom stereocenters. The number of aryl methyl sites for hydroxylation is 1. The van der Waals surface area contributed by atoms with Crippen molar-refractivity contribution in [2.24, 2.45) is 7.05 Å². The van der Waals surface area contributed by atoms with Gasteiger partial charge in [-0.05, 0) is 17.7 Å². The zero-order valence-electron chi connectivity index (χ0n) is 11.6. The summed E-state index contributed by atoms with van der Waals surface area (Å²) in [6.07, 6.45) is -3.46. The molecule has 0 aliphatic rings. The van der Waals surface area contributed by atoms with Gasteiger partial charge in [-0.25, -0.2) is 0 Å². The van der Waals surface area contributed by atoms with E-state index in [1.165, 1.54) is 22.8 Å². The van der Waals surface area contributed by atoms with E-state index in [4.69, 9.17) is 0 Å². The number of halogens is 3. The highest BCUT2D eigenvalue weighted by Crippen LogP contribution is 2.22. The van der Waals surface area contributed by atoms with Crippen molar-refractivity contribution in [2.45, 2.75) is 12.2 Å². The van der Waals surface area contributed by atoms with E-state index in [0.29, 0.717) is 0 Å². The van der Waals surface area contributed by atoms with Crippen LogP contribution in [-0.2, 0) is 11.8 Å². The van der Waals surface area contributed by atoms with Gasteiger partial charge >= 0.3 is 12.1 Å². The van der Waals surface area contributed by atoms with Crippen LogP contribution in [0.2, 0.25) is 0 Å². The maximum absolute atomic E-state index is 12.5. The van der Waals surface area contributed by atoms with Crippen molar-refractivity contribution in [2.75, 3.05) is 0 Å². The molecule has 1 N–H and O–H groups in total. The Morgan fingerprint density at radius 1 is 1.09 bits per heavy atom. The van der Waals surface area contributed by atoms with Gasteiger partial charge in [-0.2, -0.15) is 13.2 Å². The number of amides is 1. The molecule has 2 aromatic rings. The van der Waals surface area contributed by atoms with Crippen LogP contribution >= 0.6 is 0 Å². The van der Waals surface area contributed by atoms with Crippen molar-refractivity contribution >= 4 is 11.7 Å². The van der Waals surface area contributed by atoms with Gasteiger partial charge in [-0.3, -0.25) is 9.59 Å². The van der Waals surface area contributed by atoms with Crippen LogP contribution in [0.4, 0.5) is 13.2 Å². The molecule has 0 fully saturated rings. The summed E-state index contributed by atoms with van der Waals surface area (Å²) in [5.41, 5.74) is 0.489. The Morgan fingerprint density at radius 3 is 2.23 bits per heavy atom. The first-order chi connectivity index (χ1) is 10.3. The highest BCUT2D eigenvalue weighted by molar-refractivity contribution is 6.01. The van der Waals surface area contributed by atoms with E-state index in [0.717, 1.165) is 0 Å². The van der Waals surface area contributed by atoms with E-state index in [-0.39, 0.29) is 11.3 Å². The second kappa shape index (κ2) is 6.05. The highest BCUT2D eigenvalue weighted by atomic mass is 19.4. The number of hydrogen-bond acceptors (Lipinski definition) is 2. The van der Waals surface area contributed by atoms with E-state index >= 15 is 0 Å². The minimum Gasteiger partial charge on any atom is -0.348 e. The molecule has 2 rings (SSSR count). The van der Waals surface area contributed by atoms with Crippen molar-refractivity contribution < 1.29 is 22.8 Å². The number of nitrogens with one attached hydrogen (secondary N) is 1. The van der Waals surface area contributed by atoms with Crippen LogP contribution in [-0.4, -0.2) is 22.4 Å². The molecular weight excluding hydrogens is 297 g/mol. The lowest BCUT2D eigenvalue weighted by Gasteiger charge is -2.19. The average Bonchev–Trinajstić information content (AvgIpc) is 2.90. The second-order valence-corrected chi connectivity index (χ2v) is 4.68. The van der Waals surface area contributed by atoms with Gasteiger partial charge in [0.05, 0.1) is 5.69 Å². The largest absolute Gasteiger partial charge is 0.471 e. The molecule has 0 radical (unpaired) electrons. The lowest BCUT2D eigenvalue weighted by molar-refractivity contribution is -0.174. The first-order valence-electron chi connectivity index (χ1n) is 6.39. The topological polar surface area (TPSA) is 51.1 Å². The highest BCUT2D eigenvalue weighted by Gasteiger charge is 2.41.